The van der Waals surface area contributed by atoms with Gasteiger partial charge in [0.2, 0.25) is 0 Å². The van der Waals surface area contributed by atoms with Gasteiger partial charge in [0.05, 0.1) is 30.3 Å². The zero-order valence-corrected chi connectivity index (χ0v) is 10.3. The molecule has 0 fully saturated rings. The van der Waals surface area contributed by atoms with Crippen molar-refractivity contribution in [3.8, 4) is 23.7 Å². The maximum atomic E-state index is 8.83. The summed E-state index contributed by atoms with van der Waals surface area (Å²) >= 11 is 0. The van der Waals surface area contributed by atoms with Crippen molar-refractivity contribution in [2.75, 3.05) is 7.11 Å². The molecule has 1 aromatic rings. The van der Waals surface area contributed by atoms with Crippen LogP contribution in [0.25, 0.3) is 0 Å². The number of methoxy groups -OCH3 is 1. The van der Waals surface area contributed by atoms with Crippen molar-refractivity contribution < 1.29 is 4.74 Å². The lowest BCUT2D eigenvalue weighted by Gasteiger charge is -2.07. The number of benzene rings is 1. The number of nitrogens with zero attached hydrogens (tertiary/aromatic N) is 1. The van der Waals surface area contributed by atoms with Crippen LogP contribution in [0.1, 0.15) is 25.0 Å². The molecule has 0 radical (unpaired) electrons. The van der Waals surface area contributed by atoms with Gasteiger partial charge in [0.1, 0.15) is 5.75 Å². The molecule has 0 bridgehead atoms. The van der Waals surface area contributed by atoms with Crippen molar-refractivity contribution in [1.82, 2.24) is 0 Å². The zero-order chi connectivity index (χ0) is 12.8. The standard InChI is InChI=1S/C14H16N2O/c1-10(2)13(16)6-5-12-8-11(9-15)4-7-14(12)17-3/h4,7-8,10,13H,16H2,1-3H3. The molecular formula is C14H16N2O. The molecule has 1 atom stereocenters. The van der Waals surface area contributed by atoms with E-state index >= 15 is 0 Å². The molecular weight excluding hydrogens is 212 g/mol. The van der Waals surface area contributed by atoms with Gasteiger partial charge < -0.3 is 10.5 Å². The Balaban J connectivity index is 3.08. The molecule has 1 rings (SSSR count). The first-order valence-corrected chi connectivity index (χ1v) is 5.43. The second-order valence-electron chi connectivity index (χ2n) is 4.07. The van der Waals surface area contributed by atoms with Crippen molar-refractivity contribution in [2.45, 2.75) is 19.9 Å². The first kappa shape index (κ1) is 13.1. The third kappa shape index (κ3) is 3.52. The van der Waals surface area contributed by atoms with Gasteiger partial charge in [-0.15, -0.1) is 0 Å². The topological polar surface area (TPSA) is 59.0 Å². The van der Waals surface area contributed by atoms with E-state index in [1.165, 1.54) is 0 Å². The predicted molar refractivity (Wildman–Crippen MR) is 67.4 cm³/mol. The van der Waals surface area contributed by atoms with Crippen LogP contribution < -0.4 is 10.5 Å². The summed E-state index contributed by atoms with van der Waals surface area (Å²) in [7, 11) is 1.58. The van der Waals surface area contributed by atoms with E-state index in [0.29, 0.717) is 22.8 Å². The maximum Gasteiger partial charge on any atom is 0.134 e. The van der Waals surface area contributed by atoms with Gasteiger partial charge in [-0.25, -0.2) is 0 Å². The molecule has 0 saturated heterocycles. The fourth-order valence-corrected chi connectivity index (χ4v) is 1.20. The third-order valence-corrected chi connectivity index (χ3v) is 2.42. The summed E-state index contributed by atoms with van der Waals surface area (Å²) in [5, 5.41) is 8.83. The molecule has 2 N–H and O–H groups in total. The van der Waals surface area contributed by atoms with E-state index in [-0.39, 0.29) is 6.04 Å². The van der Waals surface area contributed by atoms with E-state index in [0.717, 1.165) is 0 Å². The Hall–Kier alpha value is -1.97. The predicted octanol–water partition coefficient (Wildman–Crippen LogP) is 1.90. The van der Waals surface area contributed by atoms with Gasteiger partial charge in [-0.3, -0.25) is 0 Å². The van der Waals surface area contributed by atoms with Crippen LogP contribution in [0.15, 0.2) is 18.2 Å². The van der Waals surface area contributed by atoms with Crippen molar-refractivity contribution in [3.63, 3.8) is 0 Å². The van der Waals surface area contributed by atoms with Gasteiger partial charge in [0.15, 0.2) is 0 Å². The minimum absolute atomic E-state index is 0.176. The van der Waals surface area contributed by atoms with Gasteiger partial charge in [-0.1, -0.05) is 25.7 Å². The molecule has 0 heterocycles. The lowest BCUT2D eigenvalue weighted by atomic mass is 10.0. The largest absolute Gasteiger partial charge is 0.495 e. The summed E-state index contributed by atoms with van der Waals surface area (Å²) in [4.78, 5) is 0. The summed E-state index contributed by atoms with van der Waals surface area (Å²) in [6, 6.07) is 7.05. The summed E-state index contributed by atoms with van der Waals surface area (Å²) in [6.07, 6.45) is 0. The van der Waals surface area contributed by atoms with E-state index < -0.39 is 0 Å². The van der Waals surface area contributed by atoms with E-state index in [4.69, 9.17) is 15.7 Å². The lowest BCUT2D eigenvalue weighted by molar-refractivity contribution is 0.413. The quantitative estimate of drug-likeness (QED) is 0.786. The summed E-state index contributed by atoms with van der Waals surface area (Å²) in [5.41, 5.74) is 7.11. The summed E-state index contributed by atoms with van der Waals surface area (Å²) in [5.74, 6) is 6.89. The van der Waals surface area contributed by atoms with Crippen LogP contribution in [0.4, 0.5) is 0 Å². The van der Waals surface area contributed by atoms with Gasteiger partial charge in [-0.2, -0.15) is 5.26 Å². The Labute approximate surface area is 102 Å². The van der Waals surface area contributed by atoms with Crippen LogP contribution >= 0.6 is 0 Å². The molecule has 1 aromatic carbocycles. The Morgan fingerprint density at radius 1 is 1.35 bits per heavy atom. The molecule has 3 heteroatoms. The minimum Gasteiger partial charge on any atom is -0.495 e. The Kier molecular flexibility index (Phi) is 4.57. The van der Waals surface area contributed by atoms with E-state index in [1.807, 2.05) is 13.8 Å². The average molecular weight is 228 g/mol. The van der Waals surface area contributed by atoms with Crippen LogP contribution in [0.3, 0.4) is 0 Å². The molecule has 0 aliphatic rings. The minimum atomic E-state index is -0.176. The van der Waals surface area contributed by atoms with Gasteiger partial charge in [-0.05, 0) is 24.1 Å². The average Bonchev–Trinajstić information content (AvgIpc) is 2.35. The smallest absolute Gasteiger partial charge is 0.134 e. The van der Waals surface area contributed by atoms with Crippen molar-refractivity contribution in [3.05, 3.63) is 29.3 Å². The fourth-order valence-electron chi connectivity index (χ4n) is 1.20. The molecule has 0 spiro atoms. The second kappa shape index (κ2) is 5.94. The number of rotatable bonds is 2. The highest BCUT2D eigenvalue weighted by atomic mass is 16.5. The van der Waals surface area contributed by atoms with Gasteiger partial charge in [0, 0.05) is 0 Å². The van der Waals surface area contributed by atoms with Crippen LogP contribution in [0, 0.1) is 29.1 Å². The first-order valence-electron chi connectivity index (χ1n) is 5.43. The third-order valence-electron chi connectivity index (χ3n) is 2.42. The second-order valence-corrected chi connectivity index (χ2v) is 4.07. The SMILES string of the molecule is COc1ccc(C#N)cc1C#CC(N)C(C)C. The summed E-state index contributed by atoms with van der Waals surface area (Å²) < 4.78 is 5.18. The van der Waals surface area contributed by atoms with Crippen LogP contribution in [-0.2, 0) is 0 Å². The first-order chi connectivity index (χ1) is 8.08. The lowest BCUT2D eigenvalue weighted by Crippen LogP contribution is -2.23. The molecule has 3 nitrogen and oxygen atoms in total. The van der Waals surface area contributed by atoms with Crippen LogP contribution in [-0.4, -0.2) is 13.2 Å². The summed E-state index contributed by atoms with van der Waals surface area (Å²) in [6.45, 7) is 4.03. The molecule has 0 aliphatic heterocycles. The van der Waals surface area contributed by atoms with E-state index in [2.05, 4.69) is 17.9 Å². The number of nitriles is 1. The fraction of sp³-hybridized carbons (Fsp3) is 0.357. The van der Waals surface area contributed by atoms with E-state index in [1.54, 1.807) is 25.3 Å². The van der Waals surface area contributed by atoms with Crippen LogP contribution in [0.5, 0.6) is 5.75 Å². The van der Waals surface area contributed by atoms with Crippen molar-refractivity contribution in [1.29, 1.82) is 5.26 Å². The molecule has 88 valence electrons. The maximum absolute atomic E-state index is 8.83. The normalized spacial score (nSPS) is 11.3. The zero-order valence-electron chi connectivity index (χ0n) is 10.3. The Morgan fingerprint density at radius 2 is 2.06 bits per heavy atom. The molecule has 0 aliphatic carbocycles. The highest BCUT2D eigenvalue weighted by Crippen LogP contribution is 2.18. The molecule has 0 saturated carbocycles. The van der Waals surface area contributed by atoms with E-state index in [9.17, 15) is 0 Å². The highest BCUT2D eigenvalue weighted by Gasteiger charge is 2.04. The van der Waals surface area contributed by atoms with Crippen LogP contribution in [0.2, 0.25) is 0 Å². The molecule has 0 aromatic heterocycles. The molecule has 1 unspecified atom stereocenters. The monoisotopic (exact) mass is 228 g/mol. The Morgan fingerprint density at radius 3 is 2.59 bits per heavy atom. The number of hydrogen-bond donors (Lipinski definition) is 1. The number of ether oxygens (including phenoxy) is 1. The molecule has 17 heavy (non-hydrogen) atoms. The Bertz CT molecular complexity index is 489. The number of hydrogen-bond acceptors (Lipinski definition) is 3. The van der Waals surface area contributed by atoms with Crippen molar-refractivity contribution in [2.24, 2.45) is 11.7 Å². The number of nitrogens with two attached hydrogens (primary N) is 1. The van der Waals surface area contributed by atoms with Gasteiger partial charge >= 0.3 is 0 Å². The molecule has 0 amide bonds. The van der Waals surface area contributed by atoms with Gasteiger partial charge in [0.25, 0.3) is 0 Å². The highest BCUT2D eigenvalue weighted by molar-refractivity contribution is 5.51. The van der Waals surface area contributed by atoms with Crippen molar-refractivity contribution >= 4 is 0 Å².